The number of anilines is 2. The largest absolute Gasteiger partial charge is 0.355 e. The third-order valence-electron chi connectivity index (χ3n) is 11.1. The molecule has 2 aliphatic rings. The second-order valence-corrected chi connectivity index (χ2v) is 13.8. The minimum Gasteiger partial charge on any atom is -0.355 e. The lowest BCUT2D eigenvalue weighted by molar-refractivity contribution is 0.745. The van der Waals surface area contributed by atoms with E-state index in [1.165, 1.54) is 77.5 Å². The highest BCUT2D eigenvalue weighted by atomic mass is 15.2. The maximum absolute atomic E-state index is 3.66. The van der Waals surface area contributed by atoms with Gasteiger partial charge < -0.3 is 14.5 Å². The van der Waals surface area contributed by atoms with E-state index < -0.39 is 0 Å². The second kappa shape index (κ2) is 11.0. The van der Waals surface area contributed by atoms with Gasteiger partial charge in [0.2, 0.25) is 0 Å². The Bertz CT molecular complexity index is 2810. The summed E-state index contributed by atoms with van der Waals surface area (Å²) in [6, 6.07) is 58.2. The van der Waals surface area contributed by atoms with Crippen molar-refractivity contribution >= 4 is 55.0 Å². The van der Waals surface area contributed by atoms with Gasteiger partial charge in [0.25, 0.3) is 0 Å². The SMILES string of the molecule is C1=CC2c3ccccc3N(c3ccc(-c4ccc5[nH]c6ccc(-c7ccc(-n8c9ccccc9c9ccccc98)cc7)cc6c5c4)cc3)C2C=C1. The summed E-state index contributed by atoms with van der Waals surface area (Å²) in [5.74, 6) is 0.387. The molecule has 3 heterocycles. The molecule has 7 aromatic carbocycles. The first-order valence-electron chi connectivity index (χ1n) is 17.8. The molecule has 0 fully saturated rings. The van der Waals surface area contributed by atoms with Crippen molar-refractivity contribution < 1.29 is 0 Å². The third kappa shape index (κ3) is 4.31. The summed E-state index contributed by atoms with van der Waals surface area (Å²) in [4.78, 5) is 6.15. The molecule has 2 atom stereocenters. The second-order valence-electron chi connectivity index (χ2n) is 13.8. The van der Waals surface area contributed by atoms with Crippen LogP contribution in [-0.4, -0.2) is 15.6 Å². The average molecular weight is 652 g/mol. The molecule has 3 heteroatoms. The van der Waals surface area contributed by atoms with Crippen molar-refractivity contribution in [3.05, 3.63) is 188 Å². The highest BCUT2D eigenvalue weighted by Gasteiger charge is 2.36. The van der Waals surface area contributed by atoms with Gasteiger partial charge in [-0.1, -0.05) is 115 Å². The highest BCUT2D eigenvalue weighted by Crippen LogP contribution is 2.47. The first-order chi connectivity index (χ1) is 25.3. The predicted molar refractivity (Wildman–Crippen MR) is 214 cm³/mol. The molecule has 3 nitrogen and oxygen atoms in total. The molecular formula is C48H33N3. The van der Waals surface area contributed by atoms with Crippen LogP contribution < -0.4 is 4.90 Å². The topological polar surface area (TPSA) is 24.0 Å². The van der Waals surface area contributed by atoms with Crippen LogP contribution in [0.15, 0.2) is 182 Å². The lowest BCUT2D eigenvalue weighted by atomic mass is 9.91. The highest BCUT2D eigenvalue weighted by molar-refractivity contribution is 6.10. The maximum atomic E-state index is 3.66. The van der Waals surface area contributed by atoms with Crippen molar-refractivity contribution in [2.75, 3.05) is 4.90 Å². The first-order valence-corrected chi connectivity index (χ1v) is 17.8. The standard InChI is InChI=1S/C48H33N3/c1-5-13-45-37(9-1)38-10-2-6-14-46(38)50(45)35-23-17-31(18-24-35)33-21-27-43-41(29-33)42-30-34(22-28-44(42)49-43)32-19-25-36(26-20-32)51-47-15-7-3-11-39(47)40-12-4-8-16-48(40)51/h1-30,37,45,49H. The number of benzene rings is 7. The zero-order chi connectivity index (χ0) is 33.5. The number of fused-ring (bicyclic) bond motifs is 9. The number of aromatic nitrogens is 2. The molecule has 1 aliphatic heterocycles. The average Bonchev–Trinajstić information content (AvgIpc) is 3.85. The van der Waals surface area contributed by atoms with Gasteiger partial charge in [-0.15, -0.1) is 0 Å². The normalized spacial score (nSPS) is 16.4. The van der Waals surface area contributed by atoms with E-state index in [0.717, 1.165) is 11.0 Å². The Morgan fingerprint density at radius 3 is 1.61 bits per heavy atom. The van der Waals surface area contributed by atoms with Crippen molar-refractivity contribution in [1.29, 1.82) is 0 Å². The Kier molecular flexibility index (Phi) is 6.08. The van der Waals surface area contributed by atoms with Gasteiger partial charge in [-0.2, -0.15) is 0 Å². The van der Waals surface area contributed by atoms with E-state index >= 15 is 0 Å². The lowest BCUT2D eigenvalue weighted by Gasteiger charge is -2.28. The molecule has 2 aromatic heterocycles. The van der Waals surface area contributed by atoms with Crippen LogP contribution in [-0.2, 0) is 0 Å². The lowest BCUT2D eigenvalue weighted by Crippen LogP contribution is -2.28. The quantitative estimate of drug-likeness (QED) is 0.201. The number of rotatable bonds is 4. The van der Waals surface area contributed by atoms with Crippen molar-refractivity contribution in [3.8, 4) is 27.9 Å². The van der Waals surface area contributed by atoms with Crippen LogP contribution in [0.3, 0.4) is 0 Å². The number of H-pyrrole nitrogens is 1. The third-order valence-corrected chi connectivity index (χ3v) is 11.1. The molecule has 11 rings (SSSR count). The van der Waals surface area contributed by atoms with E-state index in [1.54, 1.807) is 0 Å². The Hall–Kier alpha value is -6.58. The molecular weight excluding hydrogens is 619 g/mol. The number of allylic oxidation sites excluding steroid dienone is 2. The van der Waals surface area contributed by atoms with Gasteiger partial charge >= 0.3 is 0 Å². The van der Waals surface area contributed by atoms with Crippen LogP contribution in [0.2, 0.25) is 0 Å². The van der Waals surface area contributed by atoms with Crippen LogP contribution in [0.25, 0.3) is 71.6 Å². The fourth-order valence-electron chi connectivity index (χ4n) is 8.66. The molecule has 2 unspecified atom stereocenters. The number of aromatic amines is 1. The Morgan fingerprint density at radius 1 is 0.431 bits per heavy atom. The van der Waals surface area contributed by atoms with Gasteiger partial charge in [-0.25, -0.2) is 0 Å². The Morgan fingerprint density at radius 2 is 0.961 bits per heavy atom. The monoisotopic (exact) mass is 651 g/mol. The molecule has 51 heavy (non-hydrogen) atoms. The van der Waals surface area contributed by atoms with Crippen molar-refractivity contribution in [2.24, 2.45) is 0 Å². The van der Waals surface area contributed by atoms with Gasteiger partial charge in [0.15, 0.2) is 0 Å². The molecule has 0 saturated heterocycles. The van der Waals surface area contributed by atoms with Crippen LogP contribution in [0.5, 0.6) is 0 Å². The molecule has 0 bridgehead atoms. The van der Waals surface area contributed by atoms with E-state index in [-0.39, 0.29) is 0 Å². The fourth-order valence-corrected chi connectivity index (χ4v) is 8.66. The molecule has 0 amide bonds. The van der Waals surface area contributed by atoms with Crippen LogP contribution in [0, 0.1) is 0 Å². The minimum atomic E-state index is 0.305. The number of nitrogens with zero attached hydrogens (tertiary/aromatic N) is 2. The number of para-hydroxylation sites is 3. The number of nitrogens with one attached hydrogen (secondary N) is 1. The predicted octanol–water partition coefficient (Wildman–Crippen LogP) is 12.5. The minimum absolute atomic E-state index is 0.305. The van der Waals surface area contributed by atoms with E-state index in [0.29, 0.717) is 12.0 Å². The first kappa shape index (κ1) is 28.3. The summed E-state index contributed by atoms with van der Waals surface area (Å²) in [6.07, 6.45) is 9.02. The van der Waals surface area contributed by atoms with E-state index in [4.69, 9.17) is 0 Å². The van der Waals surface area contributed by atoms with Crippen molar-refractivity contribution in [2.45, 2.75) is 12.0 Å². The van der Waals surface area contributed by atoms with Crippen LogP contribution in [0.4, 0.5) is 11.4 Å². The summed E-state index contributed by atoms with van der Waals surface area (Å²) in [5.41, 5.74) is 14.7. The maximum Gasteiger partial charge on any atom is 0.0629 e. The number of hydrogen-bond acceptors (Lipinski definition) is 1. The van der Waals surface area contributed by atoms with E-state index in [2.05, 4.69) is 196 Å². The summed E-state index contributed by atoms with van der Waals surface area (Å²) < 4.78 is 2.37. The van der Waals surface area contributed by atoms with Gasteiger partial charge in [-0.05, 0) is 94.5 Å². The van der Waals surface area contributed by atoms with Gasteiger partial charge in [0.1, 0.15) is 0 Å². The zero-order valence-electron chi connectivity index (χ0n) is 27.9. The van der Waals surface area contributed by atoms with Crippen molar-refractivity contribution in [3.63, 3.8) is 0 Å². The molecule has 0 spiro atoms. The molecule has 9 aromatic rings. The molecule has 1 aliphatic carbocycles. The summed E-state index contributed by atoms with van der Waals surface area (Å²) >= 11 is 0. The van der Waals surface area contributed by atoms with E-state index in [1.807, 2.05) is 0 Å². The van der Waals surface area contributed by atoms with Crippen LogP contribution in [0.1, 0.15) is 11.5 Å². The van der Waals surface area contributed by atoms with Gasteiger partial charge in [-0.3, -0.25) is 0 Å². The molecule has 240 valence electrons. The zero-order valence-corrected chi connectivity index (χ0v) is 27.9. The fraction of sp³-hybridized carbons (Fsp3) is 0.0417. The van der Waals surface area contributed by atoms with Gasteiger partial charge in [0.05, 0.1) is 17.1 Å². The summed E-state index contributed by atoms with van der Waals surface area (Å²) in [7, 11) is 0. The summed E-state index contributed by atoms with van der Waals surface area (Å²) in [6.45, 7) is 0. The van der Waals surface area contributed by atoms with E-state index in [9.17, 15) is 0 Å². The molecule has 0 radical (unpaired) electrons. The van der Waals surface area contributed by atoms with Crippen molar-refractivity contribution in [1.82, 2.24) is 9.55 Å². The molecule has 0 saturated carbocycles. The molecule has 1 N–H and O–H groups in total. The smallest absolute Gasteiger partial charge is 0.0629 e. The van der Waals surface area contributed by atoms with Crippen LogP contribution >= 0.6 is 0 Å². The number of hydrogen-bond donors (Lipinski definition) is 1. The summed E-state index contributed by atoms with van der Waals surface area (Å²) in [5, 5.41) is 5.04. The Labute approximate surface area is 296 Å². The Balaban J connectivity index is 0.933. The van der Waals surface area contributed by atoms with Gasteiger partial charge in [0, 0.05) is 55.6 Å².